The van der Waals surface area contributed by atoms with Crippen molar-refractivity contribution in [3.05, 3.63) is 33.9 Å². The lowest BCUT2D eigenvalue weighted by molar-refractivity contribution is -0.384. The molecule has 3 rings (SSSR count). The van der Waals surface area contributed by atoms with Crippen LogP contribution >= 0.6 is 0 Å². The number of carbonyl (C=O) groups excluding carboxylic acids is 1. The second-order valence-corrected chi connectivity index (χ2v) is 7.61. The summed E-state index contributed by atoms with van der Waals surface area (Å²) >= 11 is 0. The third-order valence-corrected chi connectivity index (χ3v) is 5.84. The van der Waals surface area contributed by atoms with Crippen LogP contribution in [0.2, 0.25) is 0 Å². The van der Waals surface area contributed by atoms with E-state index >= 15 is 0 Å². The number of piperidine rings is 1. The zero-order valence-electron chi connectivity index (χ0n) is 15.8. The van der Waals surface area contributed by atoms with Crippen molar-refractivity contribution in [3.8, 4) is 0 Å². The fourth-order valence-corrected chi connectivity index (χ4v) is 3.83. The van der Waals surface area contributed by atoms with Gasteiger partial charge in [-0.05, 0) is 44.7 Å². The van der Waals surface area contributed by atoms with Crippen LogP contribution in [0.25, 0.3) is 0 Å². The topological polar surface area (TPSA) is 78.7 Å². The normalized spacial score (nSPS) is 24.6. The first-order valence-corrected chi connectivity index (χ1v) is 9.46. The lowest BCUT2D eigenvalue weighted by Crippen LogP contribution is -2.57. The number of hydrogen-bond acceptors (Lipinski definition) is 5. The van der Waals surface area contributed by atoms with Crippen molar-refractivity contribution in [2.75, 3.05) is 31.1 Å². The van der Waals surface area contributed by atoms with Gasteiger partial charge in [-0.25, -0.2) is 0 Å². The first-order chi connectivity index (χ1) is 12.4. The monoisotopic (exact) mass is 360 g/mol. The smallest absolute Gasteiger partial charge is 0.293 e. The minimum atomic E-state index is -0.367. The molecule has 0 spiro atoms. The molecule has 7 heteroatoms. The molecule has 2 aliphatic rings. The molecule has 0 aromatic heterocycles. The molecule has 26 heavy (non-hydrogen) atoms. The van der Waals surface area contributed by atoms with Crippen LogP contribution in [-0.2, 0) is 0 Å². The molecule has 0 aliphatic carbocycles. The summed E-state index contributed by atoms with van der Waals surface area (Å²) in [4.78, 5) is 28.1. The molecule has 2 aliphatic heterocycles. The molecule has 0 bridgehead atoms. The maximum absolute atomic E-state index is 12.9. The van der Waals surface area contributed by atoms with Crippen molar-refractivity contribution in [2.24, 2.45) is 5.92 Å². The van der Waals surface area contributed by atoms with E-state index in [1.165, 1.54) is 6.07 Å². The second kappa shape index (κ2) is 7.61. The Bertz CT molecular complexity index is 685. The number of nitrogens with zero attached hydrogens (tertiary/aromatic N) is 3. The Morgan fingerprint density at radius 3 is 2.54 bits per heavy atom. The Kier molecular flexibility index (Phi) is 5.46. The number of anilines is 1. The number of nitro groups is 1. The highest BCUT2D eigenvalue weighted by molar-refractivity contribution is 5.96. The summed E-state index contributed by atoms with van der Waals surface area (Å²) in [5.74, 6) is 0.523. The largest absolute Gasteiger partial charge is 0.366 e. The summed E-state index contributed by atoms with van der Waals surface area (Å²) in [7, 11) is 0. The van der Waals surface area contributed by atoms with Gasteiger partial charge in [0.05, 0.1) is 4.92 Å². The van der Waals surface area contributed by atoms with E-state index in [1.807, 2.05) is 18.7 Å². The van der Waals surface area contributed by atoms with Crippen LogP contribution in [0, 0.1) is 16.0 Å². The van der Waals surface area contributed by atoms with E-state index in [4.69, 9.17) is 0 Å². The van der Waals surface area contributed by atoms with Crippen molar-refractivity contribution in [3.63, 3.8) is 0 Å². The van der Waals surface area contributed by atoms with Crippen molar-refractivity contribution < 1.29 is 9.72 Å². The van der Waals surface area contributed by atoms with Crippen LogP contribution in [0.4, 0.5) is 11.4 Å². The van der Waals surface area contributed by atoms with Crippen molar-refractivity contribution in [1.82, 2.24) is 10.2 Å². The molecule has 1 N–H and O–H groups in total. The Balaban J connectivity index is 1.86. The van der Waals surface area contributed by atoms with Crippen LogP contribution in [0.5, 0.6) is 0 Å². The third-order valence-electron chi connectivity index (χ3n) is 5.84. The van der Waals surface area contributed by atoms with Crippen molar-refractivity contribution in [2.45, 2.75) is 45.7 Å². The molecule has 2 fully saturated rings. The highest BCUT2D eigenvalue weighted by atomic mass is 16.6. The van der Waals surface area contributed by atoms with Gasteiger partial charge in [0.1, 0.15) is 5.69 Å². The summed E-state index contributed by atoms with van der Waals surface area (Å²) in [5.41, 5.74) is 1.05. The van der Waals surface area contributed by atoms with Crippen molar-refractivity contribution in [1.29, 1.82) is 0 Å². The predicted molar refractivity (Wildman–Crippen MR) is 102 cm³/mol. The zero-order valence-corrected chi connectivity index (χ0v) is 15.8. The number of nitrogens with one attached hydrogen (secondary N) is 1. The first-order valence-electron chi connectivity index (χ1n) is 9.46. The standard InChI is InChI=1S/C19H28N4O3/c1-13-6-9-21(10-7-13)17-5-4-16(12-18(17)23(25)26)19(24)22-11-8-20-14(2)15(22)3/h4-5,12-15,20H,6-11H2,1-3H3. The predicted octanol–water partition coefficient (Wildman–Crippen LogP) is 2.65. The van der Waals surface area contributed by atoms with Crippen LogP contribution in [0.3, 0.4) is 0 Å². The lowest BCUT2D eigenvalue weighted by Gasteiger charge is -2.38. The number of amides is 1. The van der Waals surface area contributed by atoms with Crippen LogP contribution in [0.15, 0.2) is 18.2 Å². The van der Waals surface area contributed by atoms with Gasteiger partial charge in [-0.3, -0.25) is 14.9 Å². The van der Waals surface area contributed by atoms with Gasteiger partial charge in [0.2, 0.25) is 0 Å². The van der Waals surface area contributed by atoms with Gasteiger partial charge in [0.15, 0.2) is 0 Å². The quantitative estimate of drug-likeness (QED) is 0.662. The molecule has 142 valence electrons. The summed E-state index contributed by atoms with van der Waals surface area (Å²) < 4.78 is 0. The Hall–Kier alpha value is -2.15. The number of rotatable bonds is 3. The molecule has 0 radical (unpaired) electrons. The molecule has 2 saturated heterocycles. The minimum Gasteiger partial charge on any atom is -0.366 e. The van der Waals surface area contributed by atoms with Gasteiger partial charge in [-0.2, -0.15) is 0 Å². The Labute approximate surface area is 154 Å². The summed E-state index contributed by atoms with van der Waals surface area (Å²) in [5, 5.41) is 15.0. The molecule has 1 aromatic rings. The number of hydrogen-bond donors (Lipinski definition) is 1. The van der Waals surface area contributed by atoms with E-state index in [-0.39, 0.29) is 28.6 Å². The molecule has 0 saturated carbocycles. The molecule has 2 atom stereocenters. The third kappa shape index (κ3) is 3.67. The average Bonchev–Trinajstić information content (AvgIpc) is 2.63. The summed E-state index contributed by atoms with van der Waals surface area (Å²) in [6, 6.07) is 5.20. The molecular formula is C19H28N4O3. The van der Waals surface area contributed by atoms with Gasteiger partial charge < -0.3 is 15.1 Å². The zero-order chi connectivity index (χ0) is 18.8. The van der Waals surface area contributed by atoms with Gasteiger partial charge in [-0.1, -0.05) is 6.92 Å². The number of benzene rings is 1. The molecule has 1 amide bonds. The number of piperazine rings is 1. The molecule has 1 aromatic carbocycles. The number of carbonyl (C=O) groups is 1. The lowest BCUT2D eigenvalue weighted by atomic mass is 9.98. The van der Waals surface area contributed by atoms with E-state index < -0.39 is 0 Å². The average molecular weight is 360 g/mol. The minimum absolute atomic E-state index is 0.0289. The Morgan fingerprint density at radius 1 is 1.19 bits per heavy atom. The summed E-state index contributed by atoms with van der Waals surface area (Å²) in [6.07, 6.45) is 2.07. The van der Waals surface area contributed by atoms with E-state index in [2.05, 4.69) is 17.1 Å². The van der Waals surface area contributed by atoms with Crippen LogP contribution in [0.1, 0.15) is 44.0 Å². The van der Waals surface area contributed by atoms with Crippen LogP contribution in [-0.4, -0.2) is 54.0 Å². The number of nitro benzene ring substituents is 1. The molecule has 7 nitrogen and oxygen atoms in total. The fraction of sp³-hybridized carbons (Fsp3) is 0.632. The maximum Gasteiger partial charge on any atom is 0.293 e. The van der Waals surface area contributed by atoms with Gasteiger partial charge in [-0.15, -0.1) is 0 Å². The molecule has 2 heterocycles. The summed E-state index contributed by atoms with van der Waals surface area (Å²) in [6.45, 7) is 9.26. The Morgan fingerprint density at radius 2 is 1.88 bits per heavy atom. The van der Waals surface area contributed by atoms with E-state index in [0.29, 0.717) is 23.7 Å². The SMILES string of the molecule is CC1CCN(c2ccc(C(=O)N3CCNC(C)C3C)cc2[N+](=O)[O-])CC1. The van der Waals surface area contributed by atoms with E-state index in [0.717, 1.165) is 32.5 Å². The van der Waals surface area contributed by atoms with Gasteiger partial charge in [0, 0.05) is 49.9 Å². The van der Waals surface area contributed by atoms with Gasteiger partial charge >= 0.3 is 0 Å². The highest BCUT2D eigenvalue weighted by Crippen LogP contribution is 2.33. The van der Waals surface area contributed by atoms with Crippen LogP contribution < -0.4 is 10.2 Å². The fourth-order valence-electron chi connectivity index (χ4n) is 3.83. The van der Waals surface area contributed by atoms with E-state index in [1.54, 1.807) is 12.1 Å². The molecule has 2 unspecified atom stereocenters. The van der Waals surface area contributed by atoms with Crippen molar-refractivity contribution >= 4 is 17.3 Å². The first kappa shape index (κ1) is 18.6. The molecular weight excluding hydrogens is 332 g/mol. The maximum atomic E-state index is 12.9. The van der Waals surface area contributed by atoms with Gasteiger partial charge in [0.25, 0.3) is 11.6 Å². The van der Waals surface area contributed by atoms with E-state index in [9.17, 15) is 14.9 Å². The highest BCUT2D eigenvalue weighted by Gasteiger charge is 2.31. The second-order valence-electron chi connectivity index (χ2n) is 7.61.